The van der Waals surface area contributed by atoms with E-state index < -0.39 is 12.0 Å². The minimum absolute atomic E-state index is 0.137. The average molecular weight is 398 g/mol. The number of carbonyl (C=O) groups excluding carboxylic acids is 1. The van der Waals surface area contributed by atoms with E-state index >= 15 is 0 Å². The summed E-state index contributed by atoms with van der Waals surface area (Å²) < 4.78 is 5.15. The minimum atomic E-state index is -0.974. The first kappa shape index (κ1) is 21.7. The third kappa shape index (κ3) is 6.23. The van der Waals surface area contributed by atoms with E-state index in [1.165, 1.54) is 0 Å². The van der Waals surface area contributed by atoms with Gasteiger partial charge in [0, 0.05) is 17.0 Å². The van der Waals surface area contributed by atoms with Crippen LogP contribution in [0.4, 0.5) is 0 Å². The summed E-state index contributed by atoms with van der Waals surface area (Å²) in [6.45, 7) is 0. The molecule has 0 saturated carbocycles. The van der Waals surface area contributed by atoms with Crippen molar-refractivity contribution < 1.29 is 14.6 Å². The Hall–Kier alpha value is -2.61. The van der Waals surface area contributed by atoms with Crippen molar-refractivity contribution in [1.82, 2.24) is 0 Å². The number of hydrogen-bond donors (Lipinski definition) is 1. The molecule has 0 fully saturated rings. The zero-order valence-corrected chi connectivity index (χ0v) is 16.6. The predicted molar refractivity (Wildman–Crippen MR) is 110 cm³/mol. The number of benzene rings is 2. The number of carbonyl (C=O) groups is 1. The Balaban J connectivity index is 2.23. The lowest BCUT2D eigenvalue weighted by atomic mass is 9.86. The normalized spacial score (nSPS) is 13.4. The van der Waals surface area contributed by atoms with Crippen LogP contribution in [0.3, 0.4) is 0 Å². The molecule has 2 aromatic rings. The van der Waals surface area contributed by atoms with E-state index in [0.29, 0.717) is 47.6 Å². The van der Waals surface area contributed by atoms with E-state index in [2.05, 4.69) is 6.07 Å². The van der Waals surface area contributed by atoms with Crippen LogP contribution in [0.5, 0.6) is 5.75 Å². The maximum Gasteiger partial charge on any atom is 0.169 e. The first-order chi connectivity index (χ1) is 13.6. The SMILES string of the molecule is COc1ccc(C(O)C(C/C=C(/Cl)CCCC#N)C(=O)c2ccccc2)cc1. The van der Waals surface area contributed by atoms with Crippen LogP contribution < -0.4 is 4.74 Å². The van der Waals surface area contributed by atoms with Crippen LogP contribution in [0.1, 0.15) is 47.7 Å². The fraction of sp³-hybridized carbons (Fsp3) is 0.304. The molecule has 0 amide bonds. The Kier molecular flexibility index (Phi) is 8.74. The molecule has 0 bridgehead atoms. The number of nitrogens with zero attached hydrogens (tertiary/aromatic N) is 1. The molecule has 0 aliphatic heterocycles. The Bertz CT molecular complexity index is 825. The summed E-state index contributed by atoms with van der Waals surface area (Å²) in [5.41, 5.74) is 1.19. The van der Waals surface area contributed by atoms with Crippen molar-refractivity contribution in [1.29, 1.82) is 5.26 Å². The molecular formula is C23H24ClNO3. The molecular weight excluding hydrogens is 374 g/mol. The lowest BCUT2D eigenvalue weighted by Crippen LogP contribution is -2.22. The smallest absolute Gasteiger partial charge is 0.169 e. The molecule has 2 unspecified atom stereocenters. The molecule has 2 atom stereocenters. The lowest BCUT2D eigenvalue weighted by molar-refractivity contribution is 0.0681. The highest BCUT2D eigenvalue weighted by Gasteiger charge is 2.28. The van der Waals surface area contributed by atoms with Gasteiger partial charge in [-0.15, -0.1) is 0 Å². The molecule has 28 heavy (non-hydrogen) atoms. The Labute approximate surface area is 171 Å². The molecule has 0 saturated heterocycles. The number of Topliss-reactive ketones (excluding diaryl/α,β-unsaturated/α-hetero) is 1. The number of nitriles is 1. The van der Waals surface area contributed by atoms with Crippen LogP contribution >= 0.6 is 11.6 Å². The molecule has 146 valence electrons. The molecule has 0 spiro atoms. The van der Waals surface area contributed by atoms with Gasteiger partial charge >= 0.3 is 0 Å². The van der Waals surface area contributed by atoms with Crippen LogP contribution in [0, 0.1) is 17.2 Å². The molecule has 2 aromatic carbocycles. The van der Waals surface area contributed by atoms with Gasteiger partial charge in [0.05, 0.1) is 25.2 Å². The number of aliphatic hydroxyl groups is 1. The zero-order valence-electron chi connectivity index (χ0n) is 15.8. The van der Waals surface area contributed by atoms with Crippen molar-refractivity contribution in [3.8, 4) is 11.8 Å². The topological polar surface area (TPSA) is 70.3 Å². The monoisotopic (exact) mass is 397 g/mol. The van der Waals surface area contributed by atoms with Gasteiger partial charge in [0.1, 0.15) is 5.75 Å². The molecule has 2 rings (SSSR count). The number of allylic oxidation sites excluding steroid dienone is 2. The number of rotatable bonds is 10. The van der Waals surface area contributed by atoms with Crippen LogP contribution in [0.2, 0.25) is 0 Å². The van der Waals surface area contributed by atoms with Crippen molar-refractivity contribution >= 4 is 17.4 Å². The third-order valence-corrected chi connectivity index (χ3v) is 4.87. The number of halogens is 1. The molecule has 0 heterocycles. The second kappa shape index (κ2) is 11.3. The standard InChI is InChI=1S/C23H24ClNO3/c1-28-20-13-10-18(11-14-20)23(27)21(15-12-19(24)9-5-6-16-25)22(26)17-7-3-2-4-8-17/h2-4,7-8,10-14,21,23,27H,5-6,9,15H2,1H3/b19-12+. The summed E-state index contributed by atoms with van der Waals surface area (Å²) in [5, 5.41) is 20.2. The number of methoxy groups -OCH3 is 1. The summed E-state index contributed by atoms with van der Waals surface area (Å²) in [4.78, 5) is 13.1. The van der Waals surface area contributed by atoms with Crippen LogP contribution in [-0.2, 0) is 0 Å². The Morgan fingerprint density at radius 1 is 1.21 bits per heavy atom. The molecule has 1 N–H and O–H groups in total. The molecule has 0 aliphatic carbocycles. The highest BCUT2D eigenvalue weighted by Crippen LogP contribution is 2.30. The van der Waals surface area contributed by atoms with Gasteiger partial charge in [-0.2, -0.15) is 5.26 Å². The van der Waals surface area contributed by atoms with E-state index in [1.54, 1.807) is 61.7 Å². The molecule has 0 aliphatic rings. The molecule has 5 heteroatoms. The van der Waals surface area contributed by atoms with Crippen molar-refractivity contribution in [2.45, 2.75) is 31.8 Å². The number of ketones is 1. The van der Waals surface area contributed by atoms with E-state index in [9.17, 15) is 9.90 Å². The van der Waals surface area contributed by atoms with Gasteiger partial charge in [-0.25, -0.2) is 0 Å². The van der Waals surface area contributed by atoms with Gasteiger partial charge in [-0.1, -0.05) is 60.1 Å². The van der Waals surface area contributed by atoms with E-state index in [0.717, 1.165) is 0 Å². The summed E-state index contributed by atoms with van der Waals surface area (Å²) >= 11 is 6.24. The maximum absolute atomic E-state index is 13.1. The fourth-order valence-electron chi connectivity index (χ4n) is 2.92. The number of aliphatic hydroxyl groups excluding tert-OH is 1. The number of ether oxygens (including phenoxy) is 1. The van der Waals surface area contributed by atoms with Crippen LogP contribution in [-0.4, -0.2) is 18.0 Å². The van der Waals surface area contributed by atoms with Gasteiger partial charge in [-0.05, 0) is 37.0 Å². The molecule has 0 aromatic heterocycles. The predicted octanol–water partition coefficient (Wildman–Crippen LogP) is 5.43. The summed E-state index contributed by atoms with van der Waals surface area (Å²) in [6.07, 6.45) is 2.80. The number of hydrogen-bond acceptors (Lipinski definition) is 4. The van der Waals surface area contributed by atoms with Crippen molar-refractivity contribution in [2.24, 2.45) is 5.92 Å². The van der Waals surface area contributed by atoms with Crippen LogP contribution in [0.15, 0.2) is 65.7 Å². The minimum Gasteiger partial charge on any atom is -0.497 e. The molecule has 0 radical (unpaired) electrons. The highest BCUT2D eigenvalue weighted by molar-refractivity contribution is 6.29. The molecule has 4 nitrogen and oxygen atoms in total. The number of unbranched alkanes of at least 4 members (excludes halogenated alkanes) is 1. The second-order valence-corrected chi connectivity index (χ2v) is 6.94. The van der Waals surface area contributed by atoms with Gasteiger partial charge in [-0.3, -0.25) is 4.79 Å². The zero-order chi connectivity index (χ0) is 20.4. The van der Waals surface area contributed by atoms with Gasteiger partial charge in [0.25, 0.3) is 0 Å². The summed E-state index contributed by atoms with van der Waals surface area (Å²) in [7, 11) is 1.58. The quantitative estimate of drug-likeness (QED) is 0.428. The Morgan fingerprint density at radius 2 is 1.89 bits per heavy atom. The van der Waals surface area contributed by atoms with E-state index in [1.807, 2.05) is 6.07 Å². The van der Waals surface area contributed by atoms with Gasteiger partial charge in [0.2, 0.25) is 0 Å². The third-order valence-electron chi connectivity index (χ3n) is 4.53. The van der Waals surface area contributed by atoms with Gasteiger partial charge < -0.3 is 9.84 Å². The van der Waals surface area contributed by atoms with E-state index in [-0.39, 0.29) is 5.78 Å². The van der Waals surface area contributed by atoms with Crippen LogP contribution in [0.25, 0.3) is 0 Å². The summed E-state index contributed by atoms with van der Waals surface area (Å²) in [6, 6.07) is 18.0. The average Bonchev–Trinajstić information content (AvgIpc) is 2.74. The van der Waals surface area contributed by atoms with Crippen molar-refractivity contribution in [2.75, 3.05) is 7.11 Å². The second-order valence-electron chi connectivity index (χ2n) is 6.45. The first-order valence-electron chi connectivity index (χ1n) is 9.19. The summed E-state index contributed by atoms with van der Waals surface area (Å²) in [5.74, 6) is -0.121. The van der Waals surface area contributed by atoms with Gasteiger partial charge in [0.15, 0.2) is 5.78 Å². The maximum atomic E-state index is 13.1. The Morgan fingerprint density at radius 3 is 2.50 bits per heavy atom. The van der Waals surface area contributed by atoms with E-state index in [4.69, 9.17) is 21.6 Å². The largest absolute Gasteiger partial charge is 0.497 e. The van der Waals surface area contributed by atoms with Crippen molar-refractivity contribution in [3.63, 3.8) is 0 Å². The fourth-order valence-corrected chi connectivity index (χ4v) is 3.15. The first-order valence-corrected chi connectivity index (χ1v) is 9.57. The lowest BCUT2D eigenvalue weighted by Gasteiger charge is -2.22. The highest BCUT2D eigenvalue weighted by atomic mass is 35.5. The van der Waals surface area contributed by atoms with Crippen molar-refractivity contribution in [3.05, 3.63) is 76.8 Å².